The number of ether oxygens (including phenoxy) is 1. The molecule has 4 rings (SSSR count). The van der Waals surface area contributed by atoms with Gasteiger partial charge in [-0.25, -0.2) is 14.8 Å². The Morgan fingerprint density at radius 2 is 1.72 bits per heavy atom. The summed E-state index contributed by atoms with van der Waals surface area (Å²) < 4.78 is 7.28. The van der Waals surface area contributed by atoms with Gasteiger partial charge in [-0.2, -0.15) is 0 Å². The van der Waals surface area contributed by atoms with E-state index in [1.165, 1.54) is 0 Å². The number of fused-ring (bicyclic) bond motifs is 2. The van der Waals surface area contributed by atoms with Gasteiger partial charge in [0.05, 0.1) is 17.6 Å². The van der Waals surface area contributed by atoms with Crippen LogP contribution in [0.5, 0.6) is 0 Å². The Hall–Kier alpha value is -3.41. The number of carbonyl (C=O) groups excluding carboxylic acids is 1. The van der Waals surface area contributed by atoms with Crippen molar-refractivity contribution >= 4 is 34.0 Å². The molecule has 2 aromatic heterocycles. The lowest BCUT2D eigenvalue weighted by molar-refractivity contribution is 0.0491. The molecule has 6 heteroatoms. The van der Waals surface area contributed by atoms with E-state index < -0.39 is 5.97 Å². The van der Waals surface area contributed by atoms with Crippen molar-refractivity contribution in [2.24, 2.45) is 5.92 Å². The fourth-order valence-corrected chi connectivity index (χ4v) is 3.28. The number of rotatable bonds is 5. The summed E-state index contributed by atoms with van der Waals surface area (Å²) >= 11 is 0. The molecule has 6 nitrogen and oxygen atoms in total. The van der Waals surface area contributed by atoms with Gasteiger partial charge in [0.2, 0.25) is 0 Å². The molecule has 0 bridgehead atoms. The quantitative estimate of drug-likeness (QED) is 0.503. The first-order valence-corrected chi connectivity index (χ1v) is 9.76. The van der Waals surface area contributed by atoms with E-state index in [1.54, 1.807) is 4.57 Å². The maximum Gasteiger partial charge on any atom is 0.344 e. The van der Waals surface area contributed by atoms with Gasteiger partial charge in [-0.1, -0.05) is 43.7 Å². The molecule has 0 unspecified atom stereocenters. The summed E-state index contributed by atoms with van der Waals surface area (Å²) in [6.07, 6.45) is 0.789. The van der Waals surface area contributed by atoms with Crippen LogP contribution in [0.3, 0.4) is 0 Å². The first-order valence-electron chi connectivity index (χ1n) is 9.76. The summed E-state index contributed by atoms with van der Waals surface area (Å²) in [5.74, 6) is 0.259. The number of carbonyl (C=O) groups is 1. The van der Waals surface area contributed by atoms with E-state index in [-0.39, 0.29) is 11.4 Å². The van der Waals surface area contributed by atoms with E-state index in [2.05, 4.69) is 13.8 Å². The molecule has 0 aliphatic heterocycles. The number of aryl methyl sites for hydroxylation is 1. The number of para-hydroxylation sites is 2. The number of nitrogens with zero attached hydrogens (tertiary/aromatic N) is 3. The molecule has 2 N–H and O–H groups in total. The molecular weight excluding hydrogens is 364 g/mol. The predicted molar refractivity (Wildman–Crippen MR) is 115 cm³/mol. The molecule has 2 aromatic carbocycles. The molecule has 0 saturated carbocycles. The molecule has 0 atom stereocenters. The van der Waals surface area contributed by atoms with Crippen LogP contribution in [0.1, 0.15) is 36.2 Å². The number of anilines is 1. The van der Waals surface area contributed by atoms with Gasteiger partial charge < -0.3 is 10.5 Å². The van der Waals surface area contributed by atoms with Crippen molar-refractivity contribution in [2.75, 3.05) is 12.3 Å². The molecule has 0 fully saturated rings. The van der Waals surface area contributed by atoms with Crippen molar-refractivity contribution in [1.82, 2.24) is 14.5 Å². The minimum atomic E-state index is -0.469. The van der Waals surface area contributed by atoms with E-state index in [0.717, 1.165) is 23.2 Å². The van der Waals surface area contributed by atoms with E-state index in [4.69, 9.17) is 20.4 Å². The second-order valence-electron chi connectivity index (χ2n) is 7.63. The van der Waals surface area contributed by atoms with Crippen molar-refractivity contribution in [2.45, 2.75) is 27.2 Å². The maximum absolute atomic E-state index is 12.9. The highest BCUT2D eigenvalue weighted by Crippen LogP contribution is 2.31. The van der Waals surface area contributed by atoms with Crippen molar-refractivity contribution in [3.05, 3.63) is 59.7 Å². The molecule has 0 amide bonds. The summed E-state index contributed by atoms with van der Waals surface area (Å²) in [7, 11) is 0. The molecular formula is C23H24N4O2. The number of aromatic nitrogens is 3. The Labute approximate surface area is 169 Å². The SMILES string of the molecule is Cc1ccc(-n2c(N)c(C(=O)OCCC(C)C)c3nc4ccccc4nc32)cc1. The first-order chi connectivity index (χ1) is 14.0. The molecule has 148 valence electrons. The van der Waals surface area contributed by atoms with E-state index in [0.29, 0.717) is 29.2 Å². The largest absolute Gasteiger partial charge is 0.462 e. The van der Waals surface area contributed by atoms with Gasteiger partial charge in [0, 0.05) is 5.69 Å². The number of nitrogens with two attached hydrogens (primary N) is 1. The monoisotopic (exact) mass is 388 g/mol. The average molecular weight is 388 g/mol. The number of hydrogen-bond acceptors (Lipinski definition) is 5. The minimum absolute atomic E-state index is 0.266. The van der Waals surface area contributed by atoms with Gasteiger partial charge in [-0.15, -0.1) is 0 Å². The summed E-state index contributed by atoms with van der Waals surface area (Å²) in [6.45, 7) is 6.53. The number of hydrogen-bond donors (Lipinski definition) is 1. The lowest BCUT2D eigenvalue weighted by atomic mass is 10.1. The van der Waals surface area contributed by atoms with Gasteiger partial charge in [0.25, 0.3) is 0 Å². The number of nitrogen functional groups attached to an aromatic ring is 1. The summed E-state index contributed by atoms with van der Waals surface area (Å²) in [4.78, 5) is 22.4. The maximum atomic E-state index is 12.9. The third-order valence-electron chi connectivity index (χ3n) is 4.92. The average Bonchev–Trinajstić information content (AvgIpc) is 2.97. The summed E-state index contributed by atoms with van der Waals surface area (Å²) in [6, 6.07) is 15.5. The third-order valence-corrected chi connectivity index (χ3v) is 4.92. The van der Waals surface area contributed by atoms with Crippen LogP contribution in [0, 0.1) is 12.8 Å². The van der Waals surface area contributed by atoms with E-state index >= 15 is 0 Å². The van der Waals surface area contributed by atoms with Crippen LogP contribution < -0.4 is 5.73 Å². The molecule has 0 spiro atoms. The lowest BCUT2D eigenvalue weighted by Crippen LogP contribution is -2.11. The second-order valence-corrected chi connectivity index (χ2v) is 7.63. The fraction of sp³-hybridized carbons (Fsp3) is 0.261. The Morgan fingerprint density at radius 3 is 2.38 bits per heavy atom. The van der Waals surface area contributed by atoms with Crippen LogP contribution in [-0.4, -0.2) is 27.1 Å². The van der Waals surface area contributed by atoms with Gasteiger partial charge in [0.15, 0.2) is 5.65 Å². The van der Waals surface area contributed by atoms with Crippen LogP contribution in [0.2, 0.25) is 0 Å². The van der Waals surface area contributed by atoms with E-state index in [1.807, 2.05) is 55.5 Å². The molecule has 4 aromatic rings. The van der Waals surface area contributed by atoms with Crippen molar-refractivity contribution in [3.63, 3.8) is 0 Å². The highest BCUT2D eigenvalue weighted by molar-refractivity contribution is 6.09. The molecule has 0 aliphatic carbocycles. The molecule has 0 aliphatic rings. The second kappa shape index (κ2) is 7.54. The summed E-state index contributed by atoms with van der Waals surface area (Å²) in [5, 5.41) is 0. The van der Waals surface area contributed by atoms with Crippen molar-refractivity contribution in [3.8, 4) is 5.69 Å². The Bertz CT molecular complexity index is 1190. The van der Waals surface area contributed by atoms with Crippen LogP contribution in [-0.2, 0) is 4.74 Å². The smallest absolute Gasteiger partial charge is 0.344 e. The molecule has 0 radical (unpaired) electrons. The number of benzene rings is 2. The Morgan fingerprint density at radius 1 is 1.07 bits per heavy atom. The van der Waals surface area contributed by atoms with Crippen molar-refractivity contribution < 1.29 is 9.53 Å². The zero-order chi connectivity index (χ0) is 20.5. The van der Waals surface area contributed by atoms with Crippen LogP contribution in [0.15, 0.2) is 48.5 Å². The standard InChI is InChI=1S/C23H24N4O2/c1-14(2)12-13-29-23(28)19-20-22(26-18-7-5-4-6-17(18)25-20)27(21(19)24)16-10-8-15(3)9-11-16/h4-11,14H,12-13,24H2,1-3H3. The van der Waals surface area contributed by atoms with E-state index in [9.17, 15) is 4.79 Å². The normalized spacial score (nSPS) is 11.4. The Balaban J connectivity index is 1.92. The van der Waals surface area contributed by atoms with Crippen LogP contribution >= 0.6 is 0 Å². The number of esters is 1. The fourth-order valence-electron chi connectivity index (χ4n) is 3.28. The zero-order valence-corrected chi connectivity index (χ0v) is 16.8. The highest BCUT2D eigenvalue weighted by atomic mass is 16.5. The minimum Gasteiger partial charge on any atom is -0.462 e. The highest BCUT2D eigenvalue weighted by Gasteiger charge is 2.25. The third kappa shape index (κ3) is 3.53. The van der Waals surface area contributed by atoms with Crippen molar-refractivity contribution in [1.29, 1.82) is 0 Å². The molecule has 2 heterocycles. The Kier molecular flexibility index (Phi) is 4.92. The topological polar surface area (TPSA) is 83.0 Å². The predicted octanol–water partition coefficient (Wildman–Crippen LogP) is 4.67. The molecule has 0 saturated heterocycles. The zero-order valence-electron chi connectivity index (χ0n) is 16.8. The lowest BCUT2D eigenvalue weighted by Gasteiger charge is -2.09. The first kappa shape index (κ1) is 18.9. The molecule has 29 heavy (non-hydrogen) atoms. The van der Waals surface area contributed by atoms with Gasteiger partial charge in [-0.05, 0) is 43.5 Å². The van der Waals surface area contributed by atoms with Gasteiger partial charge in [0.1, 0.15) is 16.9 Å². The summed E-state index contributed by atoms with van der Waals surface area (Å²) in [5.41, 5.74) is 11.1. The van der Waals surface area contributed by atoms with Crippen LogP contribution in [0.4, 0.5) is 5.82 Å². The van der Waals surface area contributed by atoms with Gasteiger partial charge >= 0.3 is 5.97 Å². The van der Waals surface area contributed by atoms with Gasteiger partial charge in [-0.3, -0.25) is 4.57 Å². The van der Waals surface area contributed by atoms with Crippen LogP contribution in [0.25, 0.3) is 27.9 Å².